The van der Waals surface area contributed by atoms with Crippen LogP contribution in [0.5, 0.6) is 5.75 Å². The molecule has 1 aromatic carbocycles. The summed E-state index contributed by atoms with van der Waals surface area (Å²) in [6, 6.07) is 4.20. The zero-order chi connectivity index (χ0) is 13.0. The molecule has 0 saturated carbocycles. The summed E-state index contributed by atoms with van der Waals surface area (Å²) in [6.07, 6.45) is 2.56. The second kappa shape index (κ2) is 6.16. The first-order valence-electron chi connectivity index (χ1n) is 6.38. The first-order chi connectivity index (χ1) is 8.66. The lowest BCUT2D eigenvalue weighted by Gasteiger charge is -2.15. The van der Waals surface area contributed by atoms with E-state index in [2.05, 4.69) is 0 Å². The zero-order valence-corrected chi connectivity index (χ0v) is 10.6. The van der Waals surface area contributed by atoms with Gasteiger partial charge in [-0.25, -0.2) is 4.39 Å². The molecule has 0 radical (unpaired) electrons. The van der Waals surface area contributed by atoms with Crippen LogP contribution < -0.4 is 4.74 Å². The van der Waals surface area contributed by atoms with Crippen molar-refractivity contribution in [3.05, 3.63) is 29.6 Å². The Bertz CT molecular complexity index is 387. The molecule has 18 heavy (non-hydrogen) atoms. The first-order valence-corrected chi connectivity index (χ1v) is 6.38. The Morgan fingerprint density at radius 1 is 1.56 bits per heavy atom. The van der Waals surface area contributed by atoms with Gasteiger partial charge in [0.2, 0.25) is 0 Å². The fourth-order valence-electron chi connectivity index (χ4n) is 2.15. The van der Waals surface area contributed by atoms with Crippen LogP contribution in [0.3, 0.4) is 0 Å². The summed E-state index contributed by atoms with van der Waals surface area (Å²) in [5.41, 5.74) is 0.615. The molecular weight excluding hydrogens is 235 g/mol. The molecule has 1 fully saturated rings. The monoisotopic (exact) mass is 254 g/mol. The van der Waals surface area contributed by atoms with Crippen molar-refractivity contribution in [2.75, 3.05) is 13.2 Å². The van der Waals surface area contributed by atoms with Crippen molar-refractivity contribution in [3.63, 3.8) is 0 Å². The van der Waals surface area contributed by atoms with E-state index in [9.17, 15) is 9.50 Å². The highest BCUT2D eigenvalue weighted by atomic mass is 19.1. The number of halogens is 1. The molecule has 1 aromatic rings. The third-order valence-electron chi connectivity index (χ3n) is 3.15. The first kappa shape index (κ1) is 13.3. The average Bonchev–Trinajstić information content (AvgIpc) is 2.82. The van der Waals surface area contributed by atoms with Gasteiger partial charge in [-0.3, -0.25) is 0 Å². The van der Waals surface area contributed by atoms with Crippen molar-refractivity contribution in [2.45, 2.75) is 38.4 Å². The number of aliphatic hydroxyl groups is 1. The standard InChI is InChI=1S/C14H19FO3/c1-10(16)13-5-4-11(15)9-14(13)18-8-6-12-3-2-7-17-12/h4-5,9-10,12,16H,2-3,6-8H2,1H3/t10-,12?/m0/s1. The van der Waals surface area contributed by atoms with Gasteiger partial charge in [0.1, 0.15) is 11.6 Å². The number of aliphatic hydroxyl groups excluding tert-OH is 1. The molecule has 0 amide bonds. The van der Waals surface area contributed by atoms with Crippen molar-refractivity contribution < 1.29 is 19.0 Å². The lowest BCUT2D eigenvalue weighted by molar-refractivity contribution is 0.0896. The van der Waals surface area contributed by atoms with Gasteiger partial charge in [-0.2, -0.15) is 0 Å². The summed E-state index contributed by atoms with van der Waals surface area (Å²) >= 11 is 0. The van der Waals surface area contributed by atoms with E-state index in [0.717, 1.165) is 25.9 Å². The third-order valence-corrected chi connectivity index (χ3v) is 3.15. The molecule has 2 atom stereocenters. The van der Waals surface area contributed by atoms with E-state index in [-0.39, 0.29) is 11.9 Å². The fraction of sp³-hybridized carbons (Fsp3) is 0.571. The highest BCUT2D eigenvalue weighted by molar-refractivity contribution is 5.35. The van der Waals surface area contributed by atoms with Crippen LogP contribution in [0.15, 0.2) is 18.2 Å². The molecule has 1 N–H and O–H groups in total. The van der Waals surface area contributed by atoms with Gasteiger partial charge in [0.15, 0.2) is 0 Å². The molecule has 0 aliphatic carbocycles. The summed E-state index contributed by atoms with van der Waals surface area (Å²) in [7, 11) is 0. The SMILES string of the molecule is C[C@H](O)c1ccc(F)cc1OCCC1CCCO1. The van der Waals surface area contributed by atoms with Gasteiger partial charge in [0.25, 0.3) is 0 Å². The average molecular weight is 254 g/mol. The van der Waals surface area contributed by atoms with Gasteiger partial charge in [-0.05, 0) is 31.9 Å². The van der Waals surface area contributed by atoms with E-state index in [4.69, 9.17) is 9.47 Å². The summed E-state index contributed by atoms with van der Waals surface area (Å²) in [4.78, 5) is 0. The Hall–Kier alpha value is -1.13. The number of hydrogen-bond donors (Lipinski definition) is 1. The Kier molecular flexibility index (Phi) is 4.55. The summed E-state index contributed by atoms with van der Waals surface area (Å²) in [5, 5.41) is 9.58. The normalized spacial score (nSPS) is 20.9. The quantitative estimate of drug-likeness (QED) is 0.878. The van der Waals surface area contributed by atoms with Crippen molar-refractivity contribution in [1.82, 2.24) is 0 Å². The molecule has 1 saturated heterocycles. The lowest BCUT2D eigenvalue weighted by atomic mass is 10.1. The van der Waals surface area contributed by atoms with Gasteiger partial charge in [0.05, 0.1) is 18.8 Å². The van der Waals surface area contributed by atoms with E-state index < -0.39 is 6.10 Å². The number of hydrogen-bond acceptors (Lipinski definition) is 3. The molecule has 1 aliphatic heterocycles. The summed E-state index contributed by atoms with van der Waals surface area (Å²) in [6.45, 7) is 2.94. The molecular formula is C14H19FO3. The predicted molar refractivity (Wildman–Crippen MR) is 66.1 cm³/mol. The van der Waals surface area contributed by atoms with Crippen LogP contribution >= 0.6 is 0 Å². The molecule has 100 valence electrons. The molecule has 2 rings (SSSR count). The van der Waals surface area contributed by atoms with Gasteiger partial charge in [-0.1, -0.05) is 0 Å². The molecule has 1 heterocycles. The summed E-state index contributed by atoms with van der Waals surface area (Å²) < 4.78 is 24.2. The van der Waals surface area contributed by atoms with Gasteiger partial charge >= 0.3 is 0 Å². The minimum atomic E-state index is -0.664. The number of ether oxygens (including phenoxy) is 2. The highest BCUT2D eigenvalue weighted by Gasteiger charge is 2.16. The fourth-order valence-corrected chi connectivity index (χ4v) is 2.15. The Balaban J connectivity index is 1.92. The van der Waals surface area contributed by atoms with Gasteiger partial charge < -0.3 is 14.6 Å². The van der Waals surface area contributed by atoms with Crippen molar-refractivity contribution >= 4 is 0 Å². The van der Waals surface area contributed by atoms with E-state index in [0.29, 0.717) is 17.9 Å². The summed E-state index contributed by atoms with van der Waals surface area (Å²) in [5.74, 6) is 0.0644. The van der Waals surface area contributed by atoms with Crippen LogP contribution in [0.4, 0.5) is 4.39 Å². The molecule has 3 nitrogen and oxygen atoms in total. The maximum absolute atomic E-state index is 13.2. The second-order valence-electron chi connectivity index (χ2n) is 4.63. The van der Waals surface area contributed by atoms with Crippen LogP contribution in [-0.4, -0.2) is 24.4 Å². The van der Waals surface area contributed by atoms with Crippen molar-refractivity contribution in [2.24, 2.45) is 0 Å². The second-order valence-corrected chi connectivity index (χ2v) is 4.63. The lowest BCUT2D eigenvalue weighted by Crippen LogP contribution is -2.11. The van der Waals surface area contributed by atoms with Gasteiger partial charge in [0, 0.05) is 24.7 Å². The Morgan fingerprint density at radius 2 is 2.39 bits per heavy atom. The predicted octanol–water partition coefficient (Wildman–Crippen LogP) is 2.83. The van der Waals surface area contributed by atoms with E-state index in [1.165, 1.54) is 12.1 Å². The van der Waals surface area contributed by atoms with E-state index in [1.54, 1.807) is 13.0 Å². The largest absolute Gasteiger partial charge is 0.493 e. The zero-order valence-electron chi connectivity index (χ0n) is 10.6. The Labute approximate surface area is 107 Å². The van der Waals surface area contributed by atoms with Crippen LogP contribution in [0.25, 0.3) is 0 Å². The smallest absolute Gasteiger partial charge is 0.127 e. The van der Waals surface area contributed by atoms with Gasteiger partial charge in [-0.15, -0.1) is 0 Å². The molecule has 1 aliphatic rings. The number of benzene rings is 1. The minimum absolute atomic E-state index is 0.258. The van der Waals surface area contributed by atoms with E-state index >= 15 is 0 Å². The minimum Gasteiger partial charge on any atom is -0.493 e. The van der Waals surface area contributed by atoms with Crippen LogP contribution in [0, 0.1) is 5.82 Å². The maximum Gasteiger partial charge on any atom is 0.127 e. The highest BCUT2D eigenvalue weighted by Crippen LogP contribution is 2.26. The van der Waals surface area contributed by atoms with E-state index in [1.807, 2.05) is 0 Å². The Morgan fingerprint density at radius 3 is 3.06 bits per heavy atom. The molecule has 0 spiro atoms. The molecule has 0 bridgehead atoms. The third kappa shape index (κ3) is 3.43. The molecule has 0 aromatic heterocycles. The van der Waals surface area contributed by atoms with Crippen molar-refractivity contribution in [3.8, 4) is 5.75 Å². The molecule has 1 unspecified atom stereocenters. The topological polar surface area (TPSA) is 38.7 Å². The molecule has 4 heteroatoms. The number of rotatable bonds is 5. The van der Waals surface area contributed by atoms with Crippen molar-refractivity contribution in [1.29, 1.82) is 0 Å². The van der Waals surface area contributed by atoms with Crippen LogP contribution in [0.2, 0.25) is 0 Å². The maximum atomic E-state index is 13.2. The van der Waals surface area contributed by atoms with Crippen LogP contribution in [0.1, 0.15) is 37.9 Å². The van der Waals surface area contributed by atoms with Crippen LogP contribution in [-0.2, 0) is 4.74 Å².